The molecule has 0 radical (unpaired) electrons. The van der Waals surface area contributed by atoms with Crippen molar-refractivity contribution in [3.8, 4) is 17.2 Å². The quantitative estimate of drug-likeness (QED) is 0.649. The molecule has 3 heterocycles. The number of ether oxygens (including phenoxy) is 2. The van der Waals surface area contributed by atoms with Gasteiger partial charge in [0.05, 0.1) is 18.8 Å². The van der Waals surface area contributed by atoms with Gasteiger partial charge in [-0.15, -0.1) is 0 Å². The molecule has 1 fully saturated rings. The molecular formula is C21H24N4O3. The number of pyridine rings is 1. The van der Waals surface area contributed by atoms with Crippen molar-refractivity contribution in [1.82, 2.24) is 15.1 Å². The highest BCUT2D eigenvalue weighted by atomic mass is 16.5. The van der Waals surface area contributed by atoms with E-state index >= 15 is 0 Å². The van der Waals surface area contributed by atoms with Crippen LogP contribution in [-0.4, -0.2) is 48.5 Å². The molecule has 0 bridgehead atoms. The van der Waals surface area contributed by atoms with E-state index in [1.807, 2.05) is 36.4 Å². The first-order valence-electron chi connectivity index (χ1n) is 9.45. The van der Waals surface area contributed by atoms with Crippen LogP contribution in [0.15, 0.2) is 47.1 Å². The van der Waals surface area contributed by atoms with Crippen LogP contribution in [0.1, 0.15) is 24.2 Å². The van der Waals surface area contributed by atoms with Gasteiger partial charge in [0, 0.05) is 32.8 Å². The maximum atomic E-state index is 5.49. The zero-order valence-corrected chi connectivity index (χ0v) is 16.2. The predicted molar refractivity (Wildman–Crippen MR) is 106 cm³/mol. The minimum Gasteiger partial charge on any atom is -0.497 e. The summed E-state index contributed by atoms with van der Waals surface area (Å²) in [6.07, 6.45) is 4.87. The third-order valence-corrected chi connectivity index (χ3v) is 5.02. The molecule has 0 N–H and O–H groups in total. The van der Waals surface area contributed by atoms with Gasteiger partial charge in [0.15, 0.2) is 5.82 Å². The molecule has 1 aliphatic rings. The molecule has 1 aliphatic heterocycles. The number of aromatic nitrogens is 3. The summed E-state index contributed by atoms with van der Waals surface area (Å²) in [5, 5.41) is 4.09. The first-order chi connectivity index (χ1) is 13.7. The van der Waals surface area contributed by atoms with Crippen molar-refractivity contribution < 1.29 is 14.0 Å². The Balaban J connectivity index is 1.43. The van der Waals surface area contributed by atoms with Gasteiger partial charge in [-0.3, -0.25) is 0 Å². The van der Waals surface area contributed by atoms with Crippen LogP contribution in [0.3, 0.4) is 0 Å². The summed E-state index contributed by atoms with van der Waals surface area (Å²) in [6, 6.07) is 11.8. The van der Waals surface area contributed by atoms with E-state index in [0.29, 0.717) is 18.1 Å². The first kappa shape index (κ1) is 18.4. The molecule has 7 heteroatoms. The van der Waals surface area contributed by atoms with Gasteiger partial charge >= 0.3 is 0 Å². The molecule has 28 heavy (non-hydrogen) atoms. The molecule has 0 saturated carbocycles. The number of methoxy groups -OCH3 is 2. The number of benzene rings is 1. The standard InChI is InChI=1S/C21H24N4O3/c1-26-17-8-5-15(6-9-17)12-19-23-21(28-24-19)16-7-10-20(22-13-16)25-11-3-4-18(14-25)27-2/h5-10,13,18H,3-4,11-12,14H2,1-2H3/t18-/m1/s1. The average molecular weight is 380 g/mol. The van der Waals surface area contributed by atoms with Crippen LogP contribution in [0.4, 0.5) is 5.82 Å². The number of hydrogen-bond donors (Lipinski definition) is 0. The maximum Gasteiger partial charge on any atom is 0.259 e. The second kappa shape index (κ2) is 8.39. The summed E-state index contributed by atoms with van der Waals surface area (Å²) in [5.41, 5.74) is 1.91. The lowest BCUT2D eigenvalue weighted by atomic mass is 10.1. The predicted octanol–water partition coefficient (Wildman–Crippen LogP) is 3.35. The molecule has 3 aromatic rings. The fourth-order valence-electron chi connectivity index (χ4n) is 3.41. The highest BCUT2D eigenvalue weighted by Crippen LogP contribution is 2.23. The Morgan fingerprint density at radius 3 is 2.71 bits per heavy atom. The van der Waals surface area contributed by atoms with E-state index < -0.39 is 0 Å². The molecule has 1 aromatic carbocycles. The summed E-state index contributed by atoms with van der Waals surface area (Å²) >= 11 is 0. The molecule has 0 unspecified atom stereocenters. The average Bonchev–Trinajstić information content (AvgIpc) is 3.23. The van der Waals surface area contributed by atoms with Gasteiger partial charge in [0.1, 0.15) is 11.6 Å². The summed E-state index contributed by atoms with van der Waals surface area (Å²) in [7, 11) is 3.42. The molecule has 1 atom stereocenters. The minimum absolute atomic E-state index is 0.270. The van der Waals surface area contributed by atoms with Gasteiger partial charge in [-0.2, -0.15) is 4.98 Å². The normalized spacial score (nSPS) is 16.9. The monoisotopic (exact) mass is 380 g/mol. The molecule has 146 valence electrons. The molecule has 0 spiro atoms. The van der Waals surface area contributed by atoms with E-state index in [0.717, 1.165) is 48.6 Å². The van der Waals surface area contributed by atoms with Crippen LogP contribution in [0.25, 0.3) is 11.5 Å². The van der Waals surface area contributed by atoms with Crippen LogP contribution in [0.5, 0.6) is 5.75 Å². The first-order valence-corrected chi connectivity index (χ1v) is 9.45. The van der Waals surface area contributed by atoms with Crippen molar-refractivity contribution >= 4 is 5.82 Å². The van der Waals surface area contributed by atoms with Crippen LogP contribution in [0.2, 0.25) is 0 Å². The highest BCUT2D eigenvalue weighted by molar-refractivity contribution is 5.55. The Morgan fingerprint density at radius 2 is 2.00 bits per heavy atom. The molecule has 4 rings (SSSR count). The smallest absolute Gasteiger partial charge is 0.259 e. The van der Waals surface area contributed by atoms with Crippen molar-refractivity contribution in [2.45, 2.75) is 25.4 Å². The van der Waals surface area contributed by atoms with Crippen molar-refractivity contribution in [3.63, 3.8) is 0 Å². The topological polar surface area (TPSA) is 73.5 Å². The van der Waals surface area contributed by atoms with Crippen molar-refractivity contribution in [1.29, 1.82) is 0 Å². The summed E-state index contributed by atoms with van der Waals surface area (Å²) < 4.78 is 16.1. The second-order valence-electron chi connectivity index (χ2n) is 6.89. The van der Waals surface area contributed by atoms with E-state index in [1.54, 1.807) is 20.4 Å². The van der Waals surface area contributed by atoms with Crippen molar-refractivity contribution in [3.05, 3.63) is 54.0 Å². The fourth-order valence-corrected chi connectivity index (χ4v) is 3.41. The SMILES string of the molecule is COc1ccc(Cc2noc(-c3ccc(N4CCC[C@@H](OC)C4)nc3)n2)cc1. The Morgan fingerprint density at radius 1 is 1.14 bits per heavy atom. The Kier molecular flexibility index (Phi) is 5.53. The second-order valence-corrected chi connectivity index (χ2v) is 6.89. The lowest BCUT2D eigenvalue weighted by Crippen LogP contribution is -2.39. The van der Waals surface area contributed by atoms with Gasteiger partial charge in [-0.1, -0.05) is 17.3 Å². The van der Waals surface area contributed by atoms with Crippen LogP contribution in [-0.2, 0) is 11.2 Å². The van der Waals surface area contributed by atoms with E-state index in [1.165, 1.54) is 0 Å². The number of anilines is 1. The number of nitrogens with zero attached hydrogens (tertiary/aromatic N) is 4. The van der Waals surface area contributed by atoms with Gasteiger partial charge < -0.3 is 18.9 Å². The van der Waals surface area contributed by atoms with E-state index in [4.69, 9.17) is 14.0 Å². The lowest BCUT2D eigenvalue weighted by Gasteiger charge is -2.32. The Labute approximate surface area is 164 Å². The largest absolute Gasteiger partial charge is 0.497 e. The summed E-state index contributed by atoms with van der Waals surface area (Å²) in [6.45, 7) is 1.87. The van der Waals surface area contributed by atoms with Gasteiger partial charge in [-0.05, 0) is 42.7 Å². The number of hydrogen-bond acceptors (Lipinski definition) is 7. The fraction of sp³-hybridized carbons (Fsp3) is 0.381. The van der Waals surface area contributed by atoms with E-state index in [9.17, 15) is 0 Å². The zero-order valence-electron chi connectivity index (χ0n) is 16.2. The maximum absolute atomic E-state index is 5.49. The third-order valence-electron chi connectivity index (χ3n) is 5.02. The molecule has 0 amide bonds. The lowest BCUT2D eigenvalue weighted by molar-refractivity contribution is 0.0891. The highest BCUT2D eigenvalue weighted by Gasteiger charge is 2.20. The molecule has 2 aromatic heterocycles. The van der Waals surface area contributed by atoms with Crippen LogP contribution in [0, 0.1) is 0 Å². The molecule has 1 saturated heterocycles. The Hall–Kier alpha value is -2.93. The van der Waals surface area contributed by atoms with E-state index in [-0.39, 0.29) is 6.10 Å². The minimum atomic E-state index is 0.270. The zero-order chi connectivity index (χ0) is 19.3. The van der Waals surface area contributed by atoms with Crippen molar-refractivity contribution in [2.24, 2.45) is 0 Å². The van der Waals surface area contributed by atoms with Gasteiger partial charge in [-0.25, -0.2) is 4.98 Å². The third kappa shape index (κ3) is 4.14. The molecular weight excluding hydrogens is 356 g/mol. The summed E-state index contributed by atoms with van der Waals surface area (Å²) in [4.78, 5) is 11.3. The van der Waals surface area contributed by atoms with E-state index in [2.05, 4.69) is 20.0 Å². The number of piperidine rings is 1. The van der Waals surface area contributed by atoms with Crippen LogP contribution < -0.4 is 9.64 Å². The summed E-state index contributed by atoms with van der Waals surface area (Å²) in [5.74, 6) is 2.90. The Bertz CT molecular complexity index is 893. The number of rotatable bonds is 6. The molecule has 0 aliphatic carbocycles. The van der Waals surface area contributed by atoms with Gasteiger partial charge in [0.25, 0.3) is 5.89 Å². The van der Waals surface area contributed by atoms with Crippen molar-refractivity contribution in [2.75, 3.05) is 32.2 Å². The molecule has 7 nitrogen and oxygen atoms in total. The van der Waals surface area contributed by atoms with Crippen LogP contribution >= 0.6 is 0 Å². The van der Waals surface area contributed by atoms with Gasteiger partial charge in [0.2, 0.25) is 0 Å².